The van der Waals surface area contributed by atoms with Gasteiger partial charge in [0.2, 0.25) is 0 Å². The van der Waals surface area contributed by atoms with E-state index in [4.69, 9.17) is 4.74 Å². The minimum Gasteiger partial charge on any atom is -0.454 e. The van der Waals surface area contributed by atoms with Crippen molar-refractivity contribution < 1.29 is 4.74 Å². The van der Waals surface area contributed by atoms with Gasteiger partial charge in [0.25, 0.3) is 0 Å². The van der Waals surface area contributed by atoms with Crippen LogP contribution in [0.4, 0.5) is 0 Å². The van der Waals surface area contributed by atoms with Crippen LogP contribution in [0.1, 0.15) is 18.5 Å². The molecule has 0 fully saturated rings. The molecule has 0 aliphatic rings. The van der Waals surface area contributed by atoms with E-state index in [0.717, 1.165) is 11.5 Å². The molecule has 1 N–H and O–H groups in total. The summed E-state index contributed by atoms with van der Waals surface area (Å²) in [5.41, 5.74) is 1.24. The normalized spacial score (nSPS) is 12.4. The Labute approximate surface area is 101 Å². The monoisotopic (exact) mass is 231 g/mol. The molecule has 0 radical (unpaired) electrons. The zero-order valence-corrected chi connectivity index (χ0v) is 10.3. The molecule has 4 nitrogen and oxygen atoms in total. The second kappa shape index (κ2) is 5.01. The van der Waals surface area contributed by atoms with E-state index in [9.17, 15) is 0 Å². The van der Waals surface area contributed by atoms with Crippen molar-refractivity contribution in [2.24, 2.45) is 7.05 Å². The molecule has 0 aliphatic carbocycles. The Hall–Kier alpha value is -1.81. The van der Waals surface area contributed by atoms with Crippen molar-refractivity contribution in [2.75, 3.05) is 7.05 Å². The van der Waals surface area contributed by atoms with Gasteiger partial charge in [-0.3, -0.25) is 4.68 Å². The van der Waals surface area contributed by atoms with E-state index in [1.54, 1.807) is 10.9 Å². The van der Waals surface area contributed by atoms with Crippen LogP contribution in [0.15, 0.2) is 36.7 Å². The second-order valence-electron chi connectivity index (χ2n) is 4.03. The Balaban J connectivity index is 2.08. The maximum atomic E-state index is 5.66. The van der Waals surface area contributed by atoms with Crippen LogP contribution in [0.2, 0.25) is 0 Å². The summed E-state index contributed by atoms with van der Waals surface area (Å²) in [7, 11) is 3.81. The van der Waals surface area contributed by atoms with E-state index in [2.05, 4.69) is 29.5 Å². The lowest BCUT2D eigenvalue weighted by Gasteiger charge is -2.11. The Kier molecular flexibility index (Phi) is 3.44. The number of aryl methyl sites for hydroxylation is 1. The van der Waals surface area contributed by atoms with Crippen LogP contribution in [-0.4, -0.2) is 16.8 Å². The smallest absolute Gasteiger partial charge is 0.165 e. The van der Waals surface area contributed by atoms with Crippen molar-refractivity contribution in [2.45, 2.75) is 13.0 Å². The third-order valence-corrected chi connectivity index (χ3v) is 2.73. The second-order valence-corrected chi connectivity index (χ2v) is 4.03. The average molecular weight is 231 g/mol. The predicted octanol–water partition coefficient (Wildman–Crippen LogP) is 2.49. The van der Waals surface area contributed by atoms with Gasteiger partial charge in [0, 0.05) is 13.1 Å². The van der Waals surface area contributed by atoms with Crippen molar-refractivity contribution in [3.8, 4) is 11.5 Å². The number of hydrogen-bond donors (Lipinski definition) is 1. The summed E-state index contributed by atoms with van der Waals surface area (Å²) in [6.45, 7) is 2.12. The first kappa shape index (κ1) is 11.7. The van der Waals surface area contributed by atoms with E-state index in [-0.39, 0.29) is 0 Å². The van der Waals surface area contributed by atoms with Gasteiger partial charge in [0.1, 0.15) is 5.75 Å². The van der Waals surface area contributed by atoms with E-state index in [1.165, 1.54) is 5.56 Å². The van der Waals surface area contributed by atoms with Crippen LogP contribution < -0.4 is 10.1 Å². The van der Waals surface area contributed by atoms with Crippen molar-refractivity contribution in [3.05, 3.63) is 42.2 Å². The van der Waals surface area contributed by atoms with Gasteiger partial charge < -0.3 is 10.1 Å². The van der Waals surface area contributed by atoms with Crippen LogP contribution in [0.5, 0.6) is 11.5 Å². The highest BCUT2D eigenvalue weighted by Gasteiger charge is 2.03. The van der Waals surface area contributed by atoms with E-state index in [0.29, 0.717) is 6.04 Å². The third-order valence-electron chi connectivity index (χ3n) is 2.73. The van der Waals surface area contributed by atoms with Crippen LogP contribution in [0.3, 0.4) is 0 Å². The first-order chi connectivity index (χ1) is 8.19. The van der Waals surface area contributed by atoms with Crippen molar-refractivity contribution >= 4 is 0 Å². The lowest BCUT2D eigenvalue weighted by atomic mass is 10.1. The van der Waals surface area contributed by atoms with Crippen LogP contribution in [0.25, 0.3) is 0 Å². The standard InChI is InChI=1S/C13H17N3O/c1-10(14-2)11-4-6-12(7-5-11)17-13-8-15-16(3)9-13/h4-10,14H,1-3H3. The summed E-state index contributed by atoms with van der Waals surface area (Å²) in [5.74, 6) is 1.58. The zero-order valence-electron chi connectivity index (χ0n) is 10.3. The molecule has 0 amide bonds. The number of hydrogen-bond acceptors (Lipinski definition) is 3. The Morgan fingerprint density at radius 3 is 2.47 bits per heavy atom. The van der Waals surface area contributed by atoms with Crippen LogP contribution in [0, 0.1) is 0 Å². The van der Waals surface area contributed by atoms with E-state index >= 15 is 0 Å². The largest absolute Gasteiger partial charge is 0.454 e. The van der Waals surface area contributed by atoms with Crippen LogP contribution >= 0.6 is 0 Å². The van der Waals surface area contributed by atoms with Gasteiger partial charge in [-0.15, -0.1) is 0 Å². The minimum absolute atomic E-state index is 0.349. The Bertz CT molecular complexity index is 476. The van der Waals surface area contributed by atoms with Gasteiger partial charge in [-0.25, -0.2) is 0 Å². The van der Waals surface area contributed by atoms with Crippen molar-refractivity contribution in [1.82, 2.24) is 15.1 Å². The summed E-state index contributed by atoms with van der Waals surface area (Å²) >= 11 is 0. The maximum Gasteiger partial charge on any atom is 0.165 e. The predicted molar refractivity (Wildman–Crippen MR) is 67.2 cm³/mol. The molecule has 17 heavy (non-hydrogen) atoms. The van der Waals surface area contributed by atoms with Gasteiger partial charge in [0.05, 0.1) is 12.4 Å². The molecule has 90 valence electrons. The number of aromatic nitrogens is 2. The summed E-state index contributed by atoms with van der Waals surface area (Å²) in [6, 6.07) is 8.41. The average Bonchev–Trinajstić information content (AvgIpc) is 2.75. The number of benzene rings is 1. The van der Waals surface area contributed by atoms with Gasteiger partial charge >= 0.3 is 0 Å². The molecular weight excluding hydrogens is 214 g/mol. The zero-order chi connectivity index (χ0) is 12.3. The maximum absolute atomic E-state index is 5.66. The summed E-state index contributed by atoms with van der Waals surface area (Å²) in [4.78, 5) is 0. The first-order valence-corrected chi connectivity index (χ1v) is 5.63. The fraction of sp³-hybridized carbons (Fsp3) is 0.308. The topological polar surface area (TPSA) is 39.1 Å². The number of ether oxygens (including phenoxy) is 1. The fourth-order valence-electron chi connectivity index (χ4n) is 1.58. The van der Waals surface area contributed by atoms with Crippen molar-refractivity contribution in [1.29, 1.82) is 0 Å². The first-order valence-electron chi connectivity index (χ1n) is 5.63. The molecule has 0 saturated heterocycles. The molecule has 4 heteroatoms. The Morgan fingerprint density at radius 2 is 1.94 bits per heavy atom. The third kappa shape index (κ3) is 2.85. The van der Waals surface area contributed by atoms with Gasteiger partial charge in [0.15, 0.2) is 5.75 Å². The minimum atomic E-state index is 0.349. The summed E-state index contributed by atoms with van der Waals surface area (Å²) in [6.07, 6.45) is 3.54. The molecule has 0 spiro atoms. The van der Waals surface area contributed by atoms with E-state index < -0.39 is 0 Å². The Morgan fingerprint density at radius 1 is 1.24 bits per heavy atom. The van der Waals surface area contributed by atoms with Crippen molar-refractivity contribution in [3.63, 3.8) is 0 Å². The molecule has 1 atom stereocenters. The molecule has 2 aromatic rings. The SMILES string of the molecule is CNC(C)c1ccc(Oc2cnn(C)c2)cc1. The quantitative estimate of drug-likeness (QED) is 0.878. The highest BCUT2D eigenvalue weighted by atomic mass is 16.5. The van der Waals surface area contributed by atoms with Gasteiger partial charge in [-0.05, 0) is 31.7 Å². The van der Waals surface area contributed by atoms with E-state index in [1.807, 2.05) is 32.4 Å². The summed E-state index contributed by atoms with van der Waals surface area (Å²) < 4.78 is 7.38. The number of nitrogens with zero attached hydrogens (tertiary/aromatic N) is 2. The molecule has 1 aromatic carbocycles. The fourth-order valence-corrected chi connectivity index (χ4v) is 1.58. The molecule has 0 aliphatic heterocycles. The molecule has 1 unspecified atom stereocenters. The highest BCUT2D eigenvalue weighted by molar-refractivity contribution is 5.32. The molecule has 1 aromatic heterocycles. The molecule has 2 rings (SSSR count). The van der Waals surface area contributed by atoms with Gasteiger partial charge in [-0.2, -0.15) is 5.10 Å². The molecule has 0 bridgehead atoms. The molecular formula is C13H17N3O. The number of nitrogens with one attached hydrogen (secondary N) is 1. The van der Waals surface area contributed by atoms with Gasteiger partial charge in [-0.1, -0.05) is 12.1 Å². The highest BCUT2D eigenvalue weighted by Crippen LogP contribution is 2.22. The van der Waals surface area contributed by atoms with Crippen LogP contribution in [-0.2, 0) is 7.05 Å². The number of rotatable bonds is 4. The lowest BCUT2D eigenvalue weighted by Crippen LogP contribution is -2.11. The molecule has 1 heterocycles. The lowest BCUT2D eigenvalue weighted by molar-refractivity contribution is 0.481. The summed E-state index contributed by atoms with van der Waals surface area (Å²) in [5, 5.41) is 7.25. The molecule has 0 saturated carbocycles.